The molecule has 0 bridgehead atoms. The van der Waals surface area contributed by atoms with Crippen molar-refractivity contribution >= 4 is 10.8 Å². The summed E-state index contributed by atoms with van der Waals surface area (Å²) in [6.07, 6.45) is 1.09. The van der Waals surface area contributed by atoms with Crippen molar-refractivity contribution in [3.05, 3.63) is 0 Å². The fourth-order valence-electron chi connectivity index (χ4n) is 1.52. The van der Waals surface area contributed by atoms with Gasteiger partial charge in [0.2, 0.25) is 0 Å². The number of rotatable bonds is 1. The quantitative estimate of drug-likeness (QED) is 0.618. The molecule has 0 saturated carbocycles. The molecular formula is C9H19NOS. The molecule has 0 aliphatic carbocycles. The molecular weight excluding hydrogens is 170 g/mol. The highest BCUT2D eigenvalue weighted by Gasteiger charge is 2.20. The van der Waals surface area contributed by atoms with Gasteiger partial charge in [-0.2, -0.15) is 0 Å². The van der Waals surface area contributed by atoms with Gasteiger partial charge in [0.05, 0.1) is 0 Å². The maximum atomic E-state index is 11.5. The van der Waals surface area contributed by atoms with E-state index in [4.69, 9.17) is 0 Å². The van der Waals surface area contributed by atoms with Gasteiger partial charge in [-0.3, -0.25) is 9.11 Å². The second-order valence-electron chi connectivity index (χ2n) is 3.81. The summed E-state index contributed by atoms with van der Waals surface area (Å²) in [5.74, 6) is 0.860. The van der Waals surface area contributed by atoms with Gasteiger partial charge in [-0.1, -0.05) is 6.92 Å². The second kappa shape index (κ2) is 4.38. The van der Waals surface area contributed by atoms with E-state index in [0.717, 1.165) is 25.3 Å². The summed E-state index contributed by atoms with van der Waals surface area (Å²) in [5, 5.41) is 0.397. The Morgan fingerprint density at radius 2 is 2.08 bits per heavy atom. The summed E-state index contributed by atoms with van der Waals surface area (Å²) in [5.41, 5.74) is 0. The Morgan fingerprint density at radius 3 is 2.67 bits per heavy atom. The van der Waals surface area contributed by atoms with Gasteiger partial charge >= 0.3 is 0 Å². The van der Waals surface area contributed by atoms with Crippen LogP contribution in [0.4, 0.5) is 0 Å². The van der Waals surface area contributed by atoms with Crippen molar-refractivity contribution in [2.75, 3.05) is 18.8 Å². The summed E-state index contributed by atoms with van der Waals surface area (Å²) in [6, 6.07) is 0.604. The zero-order valence-electron chi connectivity index (χ0n) is 8.25. The molecule has 0 aromatic rings. The minimum atomic E-state index is -0.581. The van der Waals surface area contributed by atoms with E-state index in [2.05, 4.69) is 25.7 Å². The Bertz CT molecular complexity index is 170. The summed E-state index contributed by atoms with van der Waals surface area (Å²) >= 11 is 0. The Balaban J connectivity index is 2.49. The molecule has 1 aliphatic heterocycles. The normalized spacial score (nSPS) is 33.7. The fourth-order valence-corrected chi connectivity index (χ4v) is 2.70. The average molecular weight is 189 g/mol. The predicted molar refractivity (Wildman–Crippen MR) is 53.8 cm³/mol. The monoisotopic (exact) mass is 189 g/mol. The Labute approximate surface area is 77.8 Å². The molecule has 2 unspecified atom stereocenters. The van der Waals surface area contributed by atoms with Crippen molar-refractivity contribution in [2.45, 2.75) is 38.5 Å². The van der Waals surface area contributed by atoms with E-state index in [1.165, 1.54) is 0 Å². The predicted octanol–water partition coefficient (Wildman–Crippen LogP) is 1.24. The lowest BCUT2D eigenvalue weighted by atomic mass is 10.2. The van der Waals surface area contributed by atoms with E-state index in [1.54, 1.807) is 0 Å². The van der Waals surface area contributed by atoms with Crippen LogP contribution in [0.2, 0.25) is 0 Å². The van der Waals surface area contributed by atoms with E-state index in [9.17, 15) is 4.21 Å². The van der Waals surface area contributed by atoms with Crippen LogP contribution in [0.5, 0.6) is 0 Å². The first-order chi connectivity index (χ1) is 5.61. The zero-order valence-corrected chi connectivity index (χ0v) is 9.06. The van der Waals surface area contributed by atoms with Crippen LogP contribution in [0.15, 0.2) is 0 Å². The van der Waals surface area contributed by atoms with E-state index in [-0.39, 0.29) is 0 Å². The van der Waals surface area contributed by atoms with Gasteiger partial charge in [0.1, 0.15) is 0 Å². The molecule has 3 heteroatoms. The smallest absolute Gasteiger partial charge is 0.0365 e. The van der Waals surface area contributed by atoms with E-state index < -0.39 is 10.8 Å². The highest BCUT2D eigenvalue weighted by Crippen LogP contribution is 2.11. The van der Waals surface area contributed by atoms with Crippen LogP contribution >= 0.6 is 0 Å². The van der Waals surface area contributed by atoms with Gasteiger partial charge in [0.15, 0.2) is 0 Å². The SMILES string of the molecule is CC(C)N1CCC(C)S(=O)CC1. The molecule has 2 nitrogen and oxygen atoms in total. The van der Waals surface area contributed by atoms with Gasteiger partial charge in [-0.25, -0.2) is 0 Å². The summed E-state index contributed by atoms with van der Waals surface area (Å²) in [4.78, 5) is 2.42. The highest BCUT2D eigenvalue weighted by atomic mass is 32.2. The summed E-state index contributed by atoms with van der Waals surface area (Å²) in [7, 11) is -0.581. The van der Waals surface area contributed by atoms with Crippen molar-refractivity contribution in [2.24, 2.45) is 0 Å². The molecule has 1 rings (SSSR count). The van der Waals surface area contributed by atoms with Crippen LogP contribution in [0.3, 0.4) is 0 Å². The molecule has 1 fully saturated rings. The molecule has 0 amide bonds. The topological polar surface area (TPSA) is 20.3 Å². The zero-order chi connectivity index (χ0) is 9.14. The van der Waals surface area contributed by atoms with Crippen LogP contribution in [-0.4, -0.2) is 39.2 Å². The van der Waals surface area contributed by atoms with Crippen molar-refractivity contribution in [3.8, 4) is 0 Å². The third-order valence-electron chi connectivity index (χ3n) is 2.58. The number of hydrogen-bond acceptors (Lipinski definition) is 2. The lowest BCUT2D eigenvalue weighted by molar-refractivity contribution is 0.237. The van der Waals surface area contributed by atoms with Gasteiger partial charge in [0.25, 0.3) is 0 Å². The summed E-state index contributed by atoms with van der Waals surface area (Å²) < 4.78 is 11.5. The van der Waals surface area contributed by atoms with Crippen LogP contribution in [0.25, 0.3) is 0 Å². The van der Waals surface area contributed by atoms with Crippen molar-refractivity contribution < 1.29 is 4.21 Å². The second-order valence-corrected chi connectivity index (χ2v) is 5.79. The van der Waals surface area contributed by atoms with Crippen LogP contribution in [0.1, 0.15) is 27.2 Å². The van der Waals surface area contributed by atoms with Crippen LogP contribution in [0, 0.1) is 0 Å². The number of hydrogen-bond donors (Lipinski definition) is 0. The van der Waals surface area contributed by atoms with E-state index in [0.29, 0.717) is 11.3 Å². The largest absolute Gasteiger partial charge is 0.300 e. The minimum absolute atomic E-state index is 0.397. The first-order valence-corrected chi connectivity index (χ1v) is 6.10. The van der Waals surface area contributed by atoms with Gasteiger partial charge < -0.3 is 0 Å². The molecule has 0 N–H and O–H groups in total. The van der Waals surface area contributed by atoms with Gasteiger partial charge in [0, 0.05) is 34.4 Å². The maximum Gasteiger partial charge on any atom is 0.0365 e. The van der Waals surface area contributed by atoms with Crippen LogP contribution in [-0.2, 0) is 10.8 Å². The molecule has 2 atom stereocenters. The first-order valence-electron chi connectivity index (χ1n) is 4.72. The summed E-state index contributed by atoms with van der Waals surface area (Å²) in [6.45, 7) is 8.64. The molecule has 0 spiro atoms. The van der Waals surface area contributed by atoms with Crippen molar-refractivity contribution in [1.82, 2.24) is 4.90 Å². The third-order valence-corrected chi connectivity index (χ3v) is 4.30. The number of nitrogens with zero attached hydrogens (tertiary/aromatic N) is 1. The van der Waals surface area contributed by atoms with E-state index >= 15 is 0 Å². The standard InChI is InChI=1S/C9H19NOS/c1-8(2)10-5-4-9(3)12(11)7-6-10/h8-9H,4-7H2,1-3H3. The molecule has 1 saturated heterocycles. The van der Waals surface area contributed by atoms with E-state index in [1.807, 2.05) is 0 Å². The maximum absolute atomic E-state index is 11.5. The molecule has 0 aromatic carbocycles. The molecule has 0 radical (unpaired) electrons. The molecule has 12 heavy (non-hydrogen) atoms. The average Bonchev–Trinajstić information content (AvgIpc) is 2.16. The lowest BCUT2D eigenvalue weighted by Gasteiger charge is -2.23. The van der Waals surface area contributed by atoms with Gasteiger partial charge in [-0.15, -0.1) is 0 Å². The first kappa shape index (κ1) is 10.2. The van der Waals surface area contributed by atoms with Gasteiger partial charge in [-0.05, 0) is 26.8 Å². The Hall–Kier alpha value is 0.110. The molecule has 0 aromatic heterocycles. The lowest BCUT2D eigenvalue weighted by Crippen LogP contribution is -2.33. The fraction of sp³-hybridized carbons (Fsp3) is 1.00. The third kappa shape index (κ3) is 2.56. The van der Waals surface area contributed by atoms with Crippen molar-refractivity contribution in [3.63, 3.8) is 0 Å². The minimum Gasteiger partial charge on any atom is -0.300 e. The molecule has 1 heterocycles. The Morgan fingerprint density at radius 1 is 1.42 bits per heavy atom. The van der Waals surface area contributed by atoms with Crippen LogP contribution < -0.4 is 0 Å². The molecule has 72 valence electrons. The Kier molecular flexibility index (Phi) is 3.72. The molecule has 1 aliphatic rings. The highest BCUT2D eigenvalue weighted by molar-refractivity contribution is 7.85. The van der Waals surface area contributed by atoms with Crippen molar-refractivity contribution in [1.29, 1.82) is 0 Å².